The lowest BCUT2D eigenvalue weighted by Crippen LogP contribution is -2.39. The van der Waals surface area contributed by atoms with Gasteiger partial charge in [0.1, 0.15) is 0 Å². The van der Waals surface area contributed by atoms with Crippen LogP contribution in [0, 0.1) is 0 Å². The molecule has 1 aliphatic rings. The standard InChI is InChI=1S/C22H19F3N2O/c23-22(24,25)17-9-6-15(7-10-17)4-5-16-8-11-20-19(12-16)21(13-26-20)27(14-28)18-2-1-3-18/h4-14,18,26H,1-3H2/b5-4+. The Kier molecular flexibility index (Phi) is 4.71. The molecule has 0 saturated heterocycles. The summed E-state index contributed by atoms with van der Waals surface area (Å²) in [6.45, 7) is 0. The van der Waals surface area contributed by atoms with E-state index in [1.165, 1.54) is 12.1 Å². The van der Waals surface area contributed by atoms with E-state index in [0.717, 1.165) is 60.0 Å². The fraction of sp³-hybridized carbons (Fsp3) is 0.227. The van der Waals surface area contributed by atoms with Crippen molar-refractivity contribution >= 4 is 35.2 Å². The minimum atomic E-state index is -4.33. The van der Waals surface area contributed by atoms with Crippen LogP contribution in [0.4, 0.5) is 18.9 Å². The van der Waals surface area contributed by atoms with Crippen LogP contribution >= 0.6 is 0 Å². The molecule has 1 amide bonds. The van der Waals surface area contributed by atoms with Crippen molar-refractivity contribution in [2.24, 2.45) is 0 Å². The summed E-state index contributed by atoms with van der Waals surface area (Å²) >= 11 is 0. The van der Waals surface area contributed by atoms with E-state index < -0.39 is 11.7 Å². The smallest absolute Gasteiger partial charge is 0.359 e. The second-order valence-electron chi connectivity index (χ2n) is 7.03. The first-order valence-electron chi connectivity index (χ1n) is 9.16. The summed E-state index contributed by atoms with van der Waals surface area (Å²) in [7, 11) is 0. The Balaban J connectivity index is 1.60. The number of benzene rings is 2. The molecule has 0 aliphatic heterocycles. The van der Waals surface area contributed by atoms with Crippen LogP contribution < -0.4 is 4.90 Å². The maximum atomic E-state index is 12.7. The topological polar surface area (TPSA) is 36.1 Å². The van der Waals surface area contributed by atoms with Crippen LogP contribution in [0.2, 0.25) is 0 Å². The summed E-state index contributed by atoms with van der Waals surface area (Å²) < 4.78 is 38.0. The highest BCUT2D eigenvalue weighted by molar-refractivity contribution is 5.99. The van der Waals surface area contributed by atoms with Gasteiger partial charge in [0, 0.05) is 23.1 Å². The summed E-state index contributed by atoms with van der Waals surface area (Å²) in [6, 6.07) is 11.2. The van der Waals surface area contributed by atoms with Crippen molar-refractivity contribution in [2.75, 3.05) is 4.90 Å². The SMILES string of the molecule is O=CN(c1c[nH]c2ccc(/C=C/c3ccc(C(F)(F)F)cc3)cc12)C1CCC1. The van der Waals surface area contributed by atoms with E-state index in [1.807, 2.05) is 30.5 Å². The van der Waals surface area contributed by atoms with Crippen molar-refractivity contribution in [1.29, 1.82) is 0 Å². The molecule has 6 heteroatoms. The summed E-state index contributed by atoms with van der Waals surface area (Å²) in [4.78, 5) is 16.6. The molecule has 3 aromatic rings. The monoisotopic (exact) mass is 384 g/mol. The van der Waals surface area contributed by atoms with Crippen LogP contribution in [0.25, 0.3) is 23.1 Å². The number of aromatic amines is 1. The number of carbonyl (C=O) groups excluding carboxylic acids is 1. The number of aromatic nitrogens is 1. The lowest BCUT2D eigenvalue weighted by atomic mass is 9.91. The van der Waals surface area contributed by atoms with Crippen LogP contribution in [-0.4, -0.2) is 17.4 Å². The van der Waals surface area contributed by atoms with E-state index in [0.29, 0.717) is 5.56 Å². The third-order valence-electron chi connectivity index (χ3n) is 5.25. The van der Waals surface area contributed by atoms with E-state index in [-0.39, 0.29) is 6.04 Å². The van der Waals surface area contributed by atoms with Gasteiger partial charge in [0.25, 0.3) is 0 Å². The number of hydrogen-bond donors (Lipinski definition) is 1. The Hall–Kier alpha value is -3.02. The number of hydrogen-bond acceptors (Lipinski definition) is 1. The zero-order valence-corrected chi connectivity index (χ0v) is 15.0. The van der Waals surface area contributed by atoms with Crippen LogP contribution in [0.5, 0.6) is 0 Å². The van der Waals surface area contributed by atoms with E-state index in [9.17, 15) is 18.0 Å². The minimum absolute atomic E-state index is 0.253. The number of nitrogens with one attached hydrogen (secondary N) is 1. The van der Waals surface area contributed by atoms with E-state index >= 15 is 0 Å². The van der Waals surface area contributed by atoms with Gasteiger partial charge in [-0.3, -0.25) is 4.79 Å². The van der Waals surface area contributed by atoms with Gasteiger partial charge in [-0.05, 0) is 54.7 Å². The molecular weight excluding hydrogens is 365 g/mol. The Labute approximate surface area is 160 Å². The van der Waals surface area contributed by atoms with Gasteiger partial charge >= 0.3 is 6.18 Å². The molecule has 3 nitrogen and oxygen atoms in total. The van der Waals surface area contributed by atoms with Crippen LogP contribution in [0.3, 0.4) is 0 Å². The second kappa shape index (κ2) is 7.19. The second-order valence-corrected chi connectivity index (χ2v) is 7.03. The molecule has 0 atom stereocenters. The average Bonchev–Trinajstić information content (AvgIpc) is 3.05. The Bertz CT molecular complexity index is 1010. The normalized spacial score (nSPS) is 15.1. The number of H-pyrrole nitrogens is 1. The van der Waals surface area contributed by atoms with E-state index in [2.05, 4.69) is 4.98 Å². The quantitative estimate of drug-likeness (QED) is 0.433. The highest BCUT2D eigenvalue weighted by Gasteiger charge is 2.30. The molecule has 1 aromatic heterocycles. The molecule has 1 saturated carbocycles. The Morgan fingerprint density at radius 3 is 2.29 bits per heavy atom. The third kappa shape index (κ3) is 3.54. The van der Waals surface area contributed by atoms with Gasteiger partial charge in [0.15, 0.2) is 0 Å². The zero-order chi connectivity index (χ0) is 19.7. The first-order valence-corrected chi connectivity index (χ1v) is 9.16. The van der Waals surface area contributed by atoms with Crippen molar-refractivity contribution in [2.45, 2.75) is 31.5 Å². The Morgan fingerprint density at radius 2 is 1.68 bits per heavy atom. The number of rotatable bonds is 5. The average molecular weight is 384 g/mol. The number of amides is 1. The van der Waals surface area contributed by atoms with Crippen molar-refractivity contribution in [3.05, 3.63) is 65.4 Å². The number of halogens is 3. The molecule has 1 heterocycles. The van der Waals surface area contributed by atoms with Gasteiger partial charge in [-0.2, -0.15) is 13.2 Å². The van der Waals surface area contributed by atoms with Crippen molar-refractivity contribution < 1.29 is 18.0 Å². The van der Waals surface area contributed by atoms with Crippen molar-refractivity contribution in [1.82, 2.24) is 4.98 Å². The van der Waals surface area contributed by atoms with Crippen molar-refractivity contribution in [3.63, 3.8) is 0 Å². The van der Waals surface area contributed by atoms with Gasteiger partial charge in [0.05, 0.1) is 11.3 Å². The summed E-state index contributed by atoms with van der Waals surface area (Å²) in [5, 5.41) is 0.952. The van der Waals surface area contributed by atoms with Crippen LogP contribution in [0.1, 0.15) is 36.0 Å². The molecule has 0 radical (unpaired) electrons. The third-order valence-corrected chi connectivity index (χ3v) is 5.25. The zero-order valence-electron chi connectivity index (χ0n) is 15.0. The molecule has 1 fully saturated rings. The molecule has 0 unspecified atom stereocenters. The molecule has 144 valence electrons. The van der Waals surface area contributed by atoms with E-state index in [1.54, 1.807) is 11.0 Å². The molecule has 2 aromatic carbocycles. The molecular formula is C22H19F3N2O. The maximum absolute atomic E-state index is 12.7. The predicted octanol–water partition coefficient (Wildman–Crippen LogP) is 5.87. The fourth-order valence-electron chi connectivity index (χ4n) is 3.42. The Morgan fingerprint density at radius 1 is 1.00 bits per heavy atom. The summed E-state index contributed by atoms with van der Waals surface area (Å²) in [5.41, 5.74) is 2.74. The van der Waals surface area contributed by atoms with Gasteiger partial charge in [-0.15, -0.1) is 0 Å². The highest BCUT2D eigenvalue weighted by atomic mass is 19.4. The van der Waals surface area contributed by atoms with Gasteiger partial charge < -0.3 is 9.88 Å². The molecule has 0 spiro atoms. The van der Waals surface area contributed by atoms with Crippen molar-refractivity contribution in [3.8, 4) is 0 Å². The molecule has 28 heavy (non-hydrogen) atoms. The number of alkyl halides is 3. The summed E-state index contributed by atoms with van der Waals surface area (Å²) in [5.74, 6) is 0. The molecule has 0 bridgehead atoms. The van der Waals surface area contributed by atoms with Crippen LogP contribution in [-0.2, 0) is 11.0 Å². The molecule has 1 aliphatic carbocycles. The number of anilines is 1. The molecule has 1 N–H and O–H groups in total. The van der Waals surface area contributed by atoms with Gasteiger partial charge in [-0.1, -0.05) is 30.4 Å². The first kappa shape index (κ1) is 18.3. The minimum Gasteiger partial charge on any atom is -0.359 e. The molecule has 4 rings (SSSR count). The summed E-state index contributed by atoms with van der Waals surface area (Å²) in [6.07, 6.45) is 5.20. The highest BCUT2D eigenvalue weighted by Crippen LogP contribution is 2.34. The lowest BCUT2D eigenvalue weighted by molar-refractivity contribution is -0.137. The van der Waals surface area contributed by atoms with Crippen LogP contribution in [0.15, 0.2) is 48.7 Å². The number of nitrogens with zero attached hydrogens (tertiary/aromatic N) is 1. The number of fused-ring (bicyclic) bond motifs is 1. The number of carbonyl (C=O) groups is 1. The van der Waals surface area contributed by atoms with Gasteiger partial charge in [-0.25, -0.2) is 0 Å². The largest absolute Gasteiger partial charge is 0.416 e. The predicted molar refractivity (Wildman–Crippen MR) is 105 cm³/mol. The van der Waals surface area contributed by atoms with Gasteiger partial charge in [0.2, 0.25) is 6.41 Å². The lowest BCUT2D eigenvalue weighted by Gasteiger charge is -2.34. The van der Waals surface area contributed by atoms with E-state index in [4.69, 9.17) is 0 Å². The maximum Gasteiger partial charge on any atom is 0.416 e. The first-order chi connectivity index (χ1) is 13.5. The fourth-order valence-corrected chi connectivity index (χ4v) is 3.42.